The van der Waals surface area contributed by atoms with Crippen molar-refractivity contribution in [2.75, 3.05) is 37.4 Å². The number of nitrogens with zero attached hydrogens (tertiary/aromatic N) is 4. The number of nitriles is 1. The number of benzene rings is 4. The van der Waals surface area contributed by atoms with E-state index in [1.54, 1.807) is 61.7 Å². The van der Waals surface area contributed by atoms with Crippen LogP contribution in [0.5, 0.6) is 0 Å². The van der Waals surface area contributed by atoms with Crippen LogP contribution in [0.2, 0.25) is 0 Å². The molecule has 0 fully saturated rings. The summed E-state index contributed by atoms with van der Waals surface area (Å²) in [6.07, 6.45) is 9.91. The number of para-hydroxylation sites is 4. The standard InChI is InChI=1S/C27H35N3O8.C16H16N2O6.C8H12N2O2/c1-20(31)11-6-4-3-5-9-16-28-26(32)37-19-23-14-10-13-22(17-36-2)25(23)29-27(33)38-18-21-12-7-8-15-24(21)30(34)35;19-8-11-5-3-6-12(9-20)15(11)17-16(21)24-10-13-4-1-2-7-14(13)18(22)23;9-7-12-6-4-2-1-3-5-10-8-11/h7-8,10,12-15H,3-6,9,11,16-19H2,1-2H3,(H,28,32)(H,29,33);1-7,19-20H,8-10H2,(H,17,21);1-6H2. The Bertz CT molecular complexity index is 2470. The molecule has 4 rings (SSSR count). The van der Waals surface area contributed by atoms with Crippen LogP contribution in [0.15, 0.2) is 89.9 Å². The van der Waals surface area contributed by atoms with E-state index in [4.69, 9.17) is 24.2 Å². The number of nitrogens with one attached hydrogen (secondary N) is 3. The number of carbonyl (C=O) groups excluding carboxylic acids is 5. The van der Waals surface area contributed by atoms with Gasteiger partial charge in [0.15, 0.2) is 0 Å². The minimum Gasteiger partial charge on any atom is -0.445 e. The van der Waals surface area contributed by atoms with Gasteiger partial charge in [-0.25, -0.2) is 24.2 Å². The molecule has 4 aromatic rings. The van der Waals surface area contributed by atoms with Crippen molar-refractivity contribution in [1.82, 2.24) is 5.32 Å². The summed E-state index contributed by atoms with van der Waals surface area (Å²) in [7, 11) is 1.51. The number of aliphatic hydroxyl groups is 2. The molecule has 0 atom stereocenters. The van der Waals surface area contributed by atoms with Gasteiger partial charge in [-0.3, -0.25) is 30.9 Å². The Balaban J connectivity index is 0.000000440. The molecule has 0 aliphatic heterocycles. The molecule has 0 saturated heterocycles. The summed E-state index contributed by atoms with van der Waals surface area (Å²) >= 11 is 0. The fourth-order valence-corrected chi connectivity index (χ4v) is 6.70. The number of unbranched alkanes of at least 4 members (excludes halogenated alkanes) is 7. The van der Waals surface area contributed by atoms with Gasteiger partial charge >= 0.3 is 18.3 Å². The highest BCUT2D eigenvalue weighted by atomic mass is 16.6. The van der Waals surface area contributed by atoms with Gasteiger partial charge in [-0.1, -0.05) is 86.3 Å². The molecular formula is C51H63N7O16. The molecule has 23 heteroatoms. The molecule has 5 N–H and O–H groups in total. The third kappa shape index (κ3) is 25.2. The van der Waals surface area contributed by atoms with Crippen LogP contribution in [0.1, 0.15) is 105 Å². The van der Waals surface area contributed by atoms with E-state index in [0.29, 0.717) is 54.1 Å². The number of amides is 3. The second-order valence-electron chi connectivity index (χ2n) is 15.9. The van der Waals surface area contributed by atoms with Gasteiger partial charge < -0.3 is 44.0 Å². The maximum absolute atomic E-state index is 12.5. The number of isocyanates is 1. The van der Waals surface area contributed by atoms with Crippen molar-refractivity contribution in [3.8, 4) is 6.26 Å². The highest BCUT2D eigenvalue weighted by molar-refractivity contribution is 5.87. The van der Waals surface area contributed by atoms with Gasteiger partial charge in [-0.15, -0.1) is 0 Å². The predicted octanol–water partition coefficient (Wildman–Crippen LogP) is 9.35. The summed E-state index contributed by atoms with van der Waals surface area (Å²) < 4.78 is 25.2. The highest BCUT2D eigenvalue weighted by Gasteiger charge is 2.19. The lowest BCUT2D eigenvalue weighted by Gasteiger charge is -2.16. The zero-order chi connectivity index (χ0) is 54.4. The lowest BCUT2D eigenvalue weighted by atomic mass is 10.1. The smallest absolute Gasteiger partial charge is 0.411 e. The summed E-state index contributed by atoms with van der Waals surface area (Å²) in [5, 5.41) is 56.5. The largest absolute Gasteiger partial charge is 0.445 e. The number of nitro benzene ring substituents is 2. The van der Waals surface area contributed by atoms with Crippen molar-refractivity contribution in [3.63, 3.8) is 0 Å². The summed E-state index contributed by atoms with van der Waals surface area (Å²) in [5.41, 5.74) is 2.88. The fourth-order valence-electron chi connectivity index (χ4n) is 6.70. The molecule has 0 unspecified atom stereocenters. The van der Waals surface area contributed by atoms with Crippen LogP contribution >= 0.6 is 0 Å². The van der Waals surface area contributed by atoms with E-state index < -0.39 is 28.1 Å². The summed E-state index contributed by atoms with van der Waals surface area (Å²) in [5.74, 6) is 0.205. The minimum absolute atomic E-state index is 0.103. The second-order valence-corrected chi connectivity index (χ2v) is 15.9. The molecule has 0 radical (unpaired) electrons. The van der Waals surface area contributed by atoms with Gasteiger partial charge in [-0.05, 0) is 51.2 Å². The van der Waals surface area contributed by atoms with Gasteiger partial charge in [0.2, 0.25) is 6.08 Å². The monoisotopic (exact) mass is 1030 g/mol. The number of aliphatic hydroxyl groups excluding tert-OH is 2. The number of nitro groups is 2. The maximum Gasteiger partial charge on any atom is 0.411 e. The van der Waals surface area contributed by atoms with E-state index in [0.717, 1.165) is 57.8 Å². The fraction of sp³-hybridized carbons (Fsp3) is 0.412. The van der Waals surface area contributed by atoms with Gasteiger partial charge in [0.25, 0.3) is 17.6 Å². The van der Waals surface area contributed by atoms with Crippen molar-refractivity contribution in [3.05, 3.63) is 139 Å². The van der Waals surface area contributed by atoms with E-state index in [-0.39, 0.29) is 73.6 Å². The normalized spacial score (nSPS) is 10.0. The van der Waals surface area contributed by atoms with Crippen molar-refractivity contribution < 1.29 is 67.7 Å². The Kier molecular flexibility index (Phi) is 31.3. The Morgan fingerprint density at radius 3 is 1.57 bits per heavy atom. The summed E-state index contributed by atoms with van der Waals surface area (Å²) in [6.45, 7) is 1.98. The number of Topliss-reactive ketones (excluding diaryl/α,β-unsaturated/α-hetero) is 1. The van der Waals surface area contributed by atoms with Crippen LogP contribution in [0, 0.1) is 31.7 Å². The van der Waals surface area contributed by atoms with Crippen LogP contribution in [0.3, 0.4) is 0 Å². The molecule has 0 spiro atoms. The van der Waals surface area contributed by atoms with Gasteiger partial charge in [0, 0.05) is 54.5 Å². The molecule has 0 aliphatic rings. The van der Waals surface area contributed by atoms with Gasteiger partial charge in [0.05, 0.1) is 58.7 Å². The van der Waals surface area contributed by atoms with Crippen LogP contribution in [0.25, 0.3) is 0 Å². The second kappa shape index (κ2) is 37.5. The first-order valence-electron chi connectivity index (χ1n) is 23.5. The topological polar surface area (TPSA) is 330 Å². The van der Waals surface area contributed by atoms with E-state index in [1.807, 2.05) is 0 Å². The molecule has 23 nitrogen and oxygen atoms in total. The van der Waals surface area contributed by atoms with Crippen LogP contribution in [0.4, 0.5) is 37.1 Å². The van der Waals surface area contributed by atoms with Crippen LogP contribution < -0.4 is 16.0 Å². The van der Waals surface area contributed by atoms with Gasteiger partial charge in [0.1, 0.15) is 32.2 Å². The first-order valence-corrected chi connectivity index (χ1v) is 23.5. The maximum atomic E-state index is 12.5. The zero-order valence-corrected chi connectivity index (χ0v) is 41.4. The average molecular weight is 1030 g/mol. The lowest BCUT2D eigenvalue weighted by Crippen LogP contribution is -2.25. The minimum atomic E-state index is -0.844. The molecule has 0 saturated carbocycles. The predicted molar refractivity (Wildman–Crippen MR) is 269 cm³/mol. The number of aliphatic imine (C=N–C) groups is 1. The number of carbonyl (C=O) groups is 4. The van der Waals surface area contributed by atoms with Crippen molar-refractivity contribution in [2.24, 2.45) is 4.99 Å². The number of hydrogen-bond acceptors (Lipinski definition) is 18. The number of hydrogen-bond donors (Lipinski definition) is 5. The van der Waals surface area contributed by atoms with Crippen molar-refractivity contribution in [2.45, 2.75) is 111 Å². The number of ether oxygens (including phenoxy) is 5. The molecule has 0 bridgehead atoms. The average Bonchev–Trinajstić information content (AvgIpc) is 3.39. The van der Waals surface area contributed by atoms with Crippen molar-refractivity contribution in [1.29, 1.82) is 5.26 Å². The third-order valence-corrected chi connectivity index (χ3v) is 10.4. The molecule has 4 aromatic carbocycles. The number of alkyl carbamates (subject to hydrolysis) is 1. The molecule has 3 amide bonds. The SMILES string of the molecule is COCc1cccc(COC(=O)NCCCCCCCC(C)=O)c1NC(=O)OCc1ccccc1[N+](=O)[O-].N#COCCCCCCN=C=O.O=C(Nc1c(CO)cccc1CO)OCc1ccccc1[N+](=O)[O-]. The number of methoxy groups -OCH3 is 1. The lowest BCUT2D eigenvalue weighted by molar-refractivity contribution is -0.386. The summed E-state index contributed by atoms with van der Waals surface area (Å²) in [6, 6.07) is 22.0. The number of anilines is 2. The highest BCUT2D eigenvalue weighted by Crippen LogP contribution is 2.26. The Morgan fingerprint density at radius 1 is 0.608 bits per heavy atom. The number of ketones is 1. The third-order valence-electron chi connectivity index (χ3n) is 10.4. The Labute approximate surface area is 428 Å². The quantitative estimate of drug-likeness (QED) is 0.00643. The first-order chi connectivity index (χ1) is 35.8. The first kappa shape index (κ1) is 61.8. The molecule has 0 aromatic heterocycles. The van der Waals surface area contributed by atoms with Crippen LogP contribution in [-0.4, -0.2) is 77.0 Å². The van der Waals surface area contributed by atoms with Crippen LogP contribution in [-0.2, 0) is 72.9 Å². The van der Waals surface area contributed by atoms with E-state index in [2.05, 4.69) is 25.7 Å². The molecular weight excluding hydrogens is 967 g/mol. The number of rotatable bonds is 29. The molecule has 0 heterocycles. The molecule has 398 valence electrons. The molecule has 74 heavy (non-hydrogen) atoms. The van der Waals surface area contributed by atoms with E-state index in [9.17, 15) is 54.4 Å². The summed E-state index contributed by atoms with van der Waals surface area (Å²) in [4.78, 5) is 81.6. The Hall–Kier alpha value is -8.29. The van der Waals surface area contributed by atoms with Crippen molar-refractivity contribution >= 4 is 52.9 Å². The van der Waals surface area contributed by atoms with E-state index >= 15 is 0 Å². The zero-order valence-electron chi connectivity index (χ0n) is 41.4. The van der Waals surface area contributed by atoms with E-state index in [1.165, 1.54) is 49.6 Å². The van der Waals surface area contributed by atoms with Gasteiger partial charge in [-0.2, -0.15) is 5.26 Å². The Morgan fingerprint density at radius 2 is 1.05 bits per heavy atom. The molecule has 0 aliphatic carbocycles.